The van der Waals surface area contributed by atoms with Gasteiger partial charge < -0.3 is 15.2 Å². The lowest BCUT2D eigenvalue weighted by Gasteiger charge is -2.07. The molecule has 2 rings (SSSR count). The van der Waals surface area contributed by atoms with Gasteiger partial charge in [-0.2, -0.15) is 0 Å². The molecule has 0 aliphatic rings. The molecule has 106 valence electrons. The molecule has 2 aromatic carbocycles. The number of benzene rings is 2. The largest absolute Gasteiger partial charge is 0.497 e. The highest BCUT2D eigenvalue weighted by Crippen LogP contribution is 2.15. The second kappa shape index (κ2) is 7.13. The molecule has 0 radical (unpaired) electrons. The Morgan fingerprint density at radius 3 is 2.81 bits per heavy atom. The van der Waals surface area contributed by atoms with Gasteiger partial charge in [-0.3, -0.25) is 4.79 Å². The van der Waals surface area contributed by atoms with Crippen LogP contribution in [-0.2, 0) is 0 Å². The van der Waals surface area contributed by atoms with Gasteiger partial charge in [0.05, 0.1) is 7.11 Å². The molecular weight excluding hydrogens is 266 g/mol. The Morgan fingerprint density at radius 1 is 1.24 bits per heavy atom. The van der Waals surface area contributed by atoms with E-state index in [2.05, 4.69) is 17.2 Å². The van der Waals surface area contributed by atoms with Crippen molar-refractivity contribution in [3.05, 3.63) is 59.7 Å². The van der Waals surface area contributed by atoms with E-state index >= 15 is 0 Å². The summed E-state index contributed by atoms with van der Waals surface area (Å²) in [5.41, 5.74) is 1.89. The Hall–Kier alpha value is -2.77. The smallest absolute Gasteiger partial charge is 0.255 e. The Kier molecular flexibility index (Phi) is 4.97. The maximum absolute atomic E-state index is 12.2. The fraction of sp³-hybridized carbons (Fsp3) is 0.118. The molecule has 2 aromatic rings. The molecule has 1 amide bonds. The lowest BCUT2D eigenvalue weighted by atomic mass is 10.1. The van der Waals surface area contributed by atoms with E-state index in [9.17, 15) is 4.79 Å². The molecule has 0 aromatic heterocycles. The summed E-state index contributed by atoms with van der Waals surface area (Å²) in [6, 6.07) is 14.1. The van der Waals surface area contributed by atoms with Crippen molar-refractivity contribution in [2.45, 2.75) is 0 Å². The van der Waals surface area contributed by atoms with Crippen molar-refractivity contribution in [2.75, 3.05) is 19.0 Å². The van der Waals surface area contributed by atoms with Crippen LogP contribution < -0.4 is 10.1 Å². The van der Waals surface area contributed by atoms with E-state index in [0.717, 1.165) is 5.56 Å². The van der Waals surface area contributed by atoms with E-state index in [1.165, 1.54) is 0 Å². The third-order valence-electron chi connectivity index (χ3n) is 2.76. The maximum atomic E-state index is 12.2. The Labute approximate surface area is 123 Å². The van der Waals surface area contributed by atoms with Crippen molar-refractivity contribution in [3.63, 3.8) is 0 Å². The van der Waals surface area contributed by atoms with Crippen LogP contribution in [0.2, 0.25) is 0 Å². The fourth-order valence-electron chi connectivity index (χ4n) is 1.78. The van der Waals surface area contributed by atoms with Gasteiger partial charge in [-0.05, 0) is 36.4 Å². The number of rotatable bonds is 3. The van der Waals surface area contributed by atoms with Crippen molar-refractivity contribution < 1.29 is 14.6 Å². The Balaban J connectivity index is 2.15. The van der Waals surface area contributed by atoms with E-state index in [4.69, 9.17) is 9.84 Å². The molecule has 2 N–H and O–H groups in total. The van der Waals surface area contributed by atoms with Crippen molar-refractivity contribution in [1.82, 2.24) is 0 Å². The van der Waals surface area contributed by atoms with Gasteiger partial charge in [0.15, 0.2) is 0 Å². The number of carbonyl (C=O) groups is 1. The topological polar surface area (TPSA) is 58.6 Å². The lowest BCUT2D eigenvalue weighted by molar-refractivity contribution is 0.102. The van der Waals surface area contributed by atoms with Gasteiger partial charge in [0.2, 0.25) is 0 Å². The zero-order valence-electron chi connectivity index (χ0n) is 11.6. The number of hydrogen-bond donors (Lipinski definition) is 2. The first kappa shape index (κ1) is 14.6. The molecule has 0 heterocycles. The molecule has 0 spiro atoms. The number of methoxy groups -OCH3 is 1. The summed E-state index contributed by atoms with van der Waals surface area (Å²) < 4.78 is 5.10. The van der Waals surface area contributed by atoms with E-state index in [0.29, 0.717) is 17.0 Å². The van der Waals surface area contributed by atoms with Gasteiger partial charge in [-0.15, -0.1) is 0 Å². The lowest BCUT2D eigenvalue weighted by Crippen LogP contribution is -2.11. The van der Waals surface area contributed by atoms with E-state index < -0.39 is 0 Å². The summed E-state index contributed by atoms with van der Waals surface area (Å²) in [5.74, 6) is 5.77. The predicted molar refractivity (Wildman–Crippen MR) is 81.4 cm³/mol. The minimum Gasteiger partial charge on any atom is -0.497 e. The van der Waals surface area contributed by atoms with Gasteiger partial charge in [-0.25, -0.2) is 0 Å². The monoisotopic (exact) mass is 281 g/mol. The van der Waals surface area contributed by atoms with Crippen molar-refractivity contribution in [2.24, 2.45) is 0 Å². The minimum atomic E-state index is -0.221. The average Bonchev–Trinajstić information content (AvgIpc) is 2.53. The standard InChI is InChI=1S/C17H15NO3/c1-21-16-9-3-7-14(12-16)17(20)18-15-8-2-5-13(11-15)6-4-10-19/h2-3,5,7-9,11-12,19H,10H2,1H3,(H,18,20). The summed E-state index contributed by atoms with van der Waals surface area (Å²) in [6.07, 6.45) is 0. The number of amides is 1. The summed E-state index contributed by atoms with van der Waals surface area (Å²) >= 11 is 0. The van der Waals surface area contributed by atoms with E-state index in [1.54, 1.807) is 49.6 Å². The highest BCUT2D eigenvalue weighted by Gasteiger charge is 2.07. The summed E-state index contributed by atoms with van der Waals surface area (Å²) in [5, 5.41) is 11.5. The number of nitrogens with one attached hydrogen (secondary N) is 1. The fourth-order valence-corrected chi connectivity index (χ4v) is 1.78. The molecule has 0 saturated heterocycles. The third-order valence-corrected chi connectivity index (χ3v) is 2.76. The quantitative estimate of drug-likeness (QED) is 0.849. The van der Waals surface area contributed by atoms with Gasteiger partial charge in [0, 0.05) is 16.8 Å². The second-order valence-corrected chi connectivity index (χ2v) is 4.23. The van der Waals surface area contributed by atoms with Gasteiger partial charge >= 0.3 is 0 Å². The number of carbonyl (C=O) groups excluding carboxylic acids is 1. The second-order valence-electron chi connectivity index (χ2n) is 4.23. The SMILES string of the molecule is COc1cccc(C(=O)Nc2cccc(C#CCO)c2)c1. The molecule has 4 heteroatoms. The van der Waals surface area contributed by atoms with Crippen LogP contribution in [-0.4, -0.2) is 24.7 Å². The molecule has 0 bridgehead atoms. The van der Waals surface area contributed by atoms with Crippen LogP contribution in [0.3, 0.4) is 0 Å². The van der Waals surface area contributed by atoms with Gasteiger partial charge in [0.25, 0.3) is 5.91 Å². The van der Waals surface area contributed by atoms with E-state index in [-0.39, 0.29) is 12.5 Å². The maximum Gasteiger partial charge on any atom is 0.255 e. The average molecular weight is 281 g/mol. The zero-order chi connectivity index (χ0) is 15.1. The Bertz CT molecular complexity index is 698. The van der Waals surface area contributed by atoms with Crippen molar-refractivity contribution >= 4 is 11.6 Å². The number of hydrogen-bond acceptors (Lipinski definition) is 3. The van der Waals surface area contributed by atoms with Crippen LogP contribution in [0.4, 0.5) is 5.69 Å². The van der Waals surface area contributed by atoms with Crippen LogP contribution in [0.25, 0.3) is 0 Å². The van der Waals surface area contributed by atoms with Crippen LogP contribution >= 0.6 is 0 Å². The van der Waals surface area contributed by atoms with E-state index in [1.807, 2.05) is 6.07 Å². The van der Waals surface area contributed by atoms with Crippen LogP contribution in [0.1, 0.15) is 15.9 Å². The molecular formula is C17H15NO3. The normalized spacial score (nSPS) is 9.43. The molecule has 0 unspecified atom stereocenters. The van der Waals surface area contributed by atoms with Gasteiger partial charge in [0.1, 0.15) is 12.4 Å². The summed E-state index contributed by atoms with van der Waals surface area (Å²) in [4.78, 5) is 12.2. The van der Waals surface area contributed by atoms with Gasteiger partial charge in [-0.1, -0.05) is 24.0 Å². The molecule has 21 heavy (non-hydrogen) atoms. The molecule has 0 saturated carbocycles. The first-order chi connectivity index (χ1) is 10.2. The molecule has 0 aliphatic heterocycles. The number of anilines is 1. The predicted octanol–water partition coefficient (Wildman–Crippen LogP) is 2.29. The zero-order valence-corrected chi connectivity index (χ0v) is 11.6. The number of ether oxygens (including phenoxy) is 1. The van der Waals surface area contributed by atoms with Crippen LogP contribution in [0.15, 0.2) is 48.5 Å². The van der Waals surface area contributed by atoms with Crippen LogP contribution in [0.5, 0.6) is 5.75 Å². The first-order valence-corrected chi connectivity index (χ1v) is 6.38. The highest BCUT2D eigenvalue weighted by atomic mass is 16.5. The molecule has 4 nitrogen and oxygen atoms in total. The van der Waals surface area contributed by atoms with Crippen molar-refractivity contribution in [1.29, 1.82) is 0 Å². The third kappa shape index (κ3) is 4.10. The molecule has 0 atom stereocenters. The highest BCUT2D eigenvalue weighted by molar-refractivity contribution is 6.04. The summed E-state index contributed by atoms with van der Waals surface area (Å²) in [6.45, 7) is -0.194. The van der Waals surface area contributed by atoms with Crippen molar-refractivity contribution in [3.8, 4) is 17.6 Å². The van der Waals surface area contributed by atoms with Crippen LogP contribution in [0, 0.1) is 11.8 Å². The number of aliphatic hydroxyl groups excluding tert-OH is 1. The Morgan fingerprint density at radius 2 is 2.05 bits per heavy atom. The molecule has 0 aliphatic carbocycles. The molecule has 0 fully saturated rings. The first-order valence-electron chi connectivity index (χ1n) is 6.38. The number of aliphatic hydroxyl groups is 1. The minimum absolute atomic E-state index is 0.194. The summed E-state index contributed by atoms with van der Waals surface area (Å²) in [7, 11) is 1.56.